The fourth-order valence-corrected chi connectivity index (χ4v) is 3.94. The van der Waals surface area contributed by atoms with E-state index in [2.05, 4.69) is 0 Å². The number of methoxy groups -OCH3 is 1. The lowest BCUT2D eigenvalue weighted by Crippen LogP contribution is -2.23. The molecule has 0 radical (unpaired) electrons. The third-order valence-corrected chi connectivity index (χ3v) is 6.39. The zero-order valence-corrected chi connectivity index (χ0v) is 16.4. The van der Waals surface area contributed by atoms with E-state index in [9.17, 15) is 18.0 Å². The van der Waals surface area contributed by atoms with E-state index in [4.69, 9.17) is 9.47 Å². The van der Waals surface area contributed by atoms with Gasteiger partial charge in [0.1, 0.15) is 10.6 Å². The number of carbonyl (C=O) groups excluding carboxylic acids is 2. The topological polar surface area (TPSA) is 90.0 Å². The zero-order valence-electron chi connectivity index (χ0n) is 14.8. The van der Waals surface area contributed by atoms with Crippen molar-refractivity contribution in [3.05, 3.63) is 45.6 Å². The molecule has 0 spiro atoms. The van der Waals surface area contributed by atoms with Crippen LogP contribution in [-0.4, -0.2) is 52.3 Å². The van der Waals surface area contributed by atoms with Gasteiger partial charge < -0.3 is 9.47 Å². The van der Waals surface area contributed by atoms with Crippen molar-refractivity contribution in [2.24, 2.45) is 0 Å². The molecule has 7 nitrogen and oxygen atoms in total. The summed E-state index contributed by atoms with van der Waals surface area (Å²) in [5.74, 6) is -0.990. The summed E-state index contributed by atoms with van der Waals surface area (Å²) in [6, 6.07) is 7.41. The summed E-state index contributed by atoms with van der Waals surface area (Å²) < 4.78 is 35.9. The van der Waals surface area contributed by atoms with Crippen LogP contribution in [0.5, 0.6) is 5.75 Å². The van der Waals surface area contributed by atoms with Crippen LogP contribution in [0.25, 0.3) is 0 Å². The van der Waals surface area contributed by atoms with E-state index >= 15 is 0 Å². The standard InChI is InChI=1S/C17H19NO6S2/c1-11-5-8-15(25-11)13(19)10-24-17(20)12-6-7-14(23-4)16(9-12)26(21,22)18(2)3/h5-9H,10H2,1-4H3. The number of nitrogens with zero attached hydrogens (tertiary/aromatic N) is 1. The Morgan fingerprint density at radius 1 is 1.15 bits per heavy atom. The Hall–Kier alpha value is -2.23. The summed E-state index contributed by atoms with van der Waals surface area (Å²) in [4.78, 5) is 25.6. The normalized spacial score (nSPS) is 11.4. The summed E-state index contributed by atoms with van der Waals surface area (Å²) in [6.45, 7) is 1.46. The molecule has 0 fully saturated rings. The highest BCUT2D eigenvalue weighted by molar-refractivity contribution is 7.89. The van der Waals surface area contributed by atoms with Crippen LogP contribution in [0.3, 0.4) is 0 Å². The molecular formula is C17H19NO6S2. The largest absolute Gasteiger partial charge is 0.495 e. The van der Waals surface area contributed by atoms with Gasteiger partial charge in [-0.1, -0.05) is 0 Å². The Morgan fingerprint density at radius 3 is 2.38 bits per heavy atom. The quantitative estimate of drug-likeness (QED) is 0.526. The molecule has 0 unspecified atom stereocenters. The van der Waals surface area contributed by atoms with Crippen molar-refractivity contribution in [2.75, 3.05) is 27.8 Å². The van der Waals surface area contributed by atoms with Crippen LogP contribution < -0.4 is 4.74 Å². The van der Waals surface area contributed by atoms with E-state index in [0.29, 0.717) is 4.88 Å². The van der Waals surface area contributed by atoms with Gasteiger partial charge in [-0.05, 0) is 37.3 Å². The van der Waals surface area contributed by atoms with Crippen LogP contribution in [0.4, 0.5) is 0 Å². The number of hydrogen-bond acceptors (Lipinski definition) is 7. The van der Waals surface area contributed by atoms with Crippen LogP contribution in [0.15, 0.2) is 35.2 Å². The maximum Gasteiger partial charge on any atom is 0.338 e. The van der Waals surface area contributed by atoms with Crippen molar-refractivity contribution < 1.29 is 27.5 Å². The number of sulfonamides is 1. The average molecular weight is 397 g/mol. The summed E-state index contributed by atoms with van der Waals surface area (Å²) in [5, 5.41) is 0. The van der Waals surface area contributed by atoms with Gasteiger partial charge in [-0.2, -0.15) is 0 Å². The van der Waals surface area contributed by atoms with Crippen LogP contribution in [0.1, 0.15) is 24.9 Å². The number of thiophene rings is 1. The molecule has 140 valence electrons. The molecule has 1 heterocycles. The third kappa shape index (κ3) is 4.29. The highest BCUT2D eigenvalue weighted by Gasteiger charge is 2.24. The average Bonchev–Trinajstić information content (AvgIpc) is 3.05. The summed E-state index contributed by atoms with van der Waals surface area (Å²) in [5.41, 5.74) is 0.0152. The zero-order chi connectivity index (χ0) is 19.5. The molecule has 0 aliphatic rings. The van der Waals surface area contributed by atoms with E-state index in [1.54, 1.807) is 6.07 Å². The van der Waals surface area contributed by atoms with Gasteiger partial charge in [0.25, 0.3) is 0 Å². The number of hydrogen-bond donors (Lipinski definition) is 0. The molecule has 0 aliphatic heterocycles. The van der Waals surface area contributed by atoms with Crippen molar-refractivity contribution >= 4 is 33.1 Å². The minimum absolute atomic E-state index is 0.0152. The predicted octanol–water partition coefficient (Wildman–Crippen LogP) is 2.36. The minimum atomic E-state index is -3.81. The van der Waals surface area contributed by atoms with Crippen molar-refractivity contribution in [1.29, 1.82) is 0 Å². The van der Waals surface area contributed by atoms with Gasteiger partial charge in [0, 0.05) is 19.0 Å². The maximum atomic E-state index is 12.4. The first kappa shape index (κ1) is 20.1. The Bertz CT molecular complexity index is 930. The van der Waals surface area contributed by atoms with Crippen LogP contribution in [0.2, 0.25) is 0 Å². The molecule has 0 amide bonds. The second-order valence-corrected chi connectivity index (χ2v) is 8.97. The van der Waals surface area contributed by atoms with Gasteiger partial charge in [-0.3, -0.25) is 4.79 Å². The van der Waals surface area contributed by atoms with Gasteiger partial charge in [-0.25, -0.2) is 17.5 Å². The highest BCUT2D eigenvalue weighted by Crippen LogP contribution is 2.27. The van der Waals surface area contributed by atoms with Crippen LogP contribution in [-0.2, 0) is 14.8 Å². The predicted molar refractivity (Wildman–Crippen MR) is 97.5 cm³/mol. The summed E-state index contributed by atoms with van der Waals surface area (Å²) in [7, 11) is 0.278. The lowest BCUT2D eigenvalue weighted by Gasteiger charge is -2.15. The molecule has 0 saturated heterocycles. The number of Topliss-reactive ketones (excluding diaryl/α,β-unsaturated/α-hetero) is 1. The Labute approximate surface area is 156 Å². The number of esters is 1. The lowest BCUT2D eigenvalue weighted by molar-refractivity contribution is 0.0475. The molecule has 0 saturated carbocycles. The first-order valence-corrected chi connectivity index (χ1v) is 9.79. The van der Waals surface area contributed by atoms with Crippen LogP contribution in [0, 0.1) is 6.92 Å². The second kappa shape index (κ2) is 7.98. The number of ether oxygens (including phenoxy) is 2. The molecule has 2 rings (SSSR count). The smallest absolute Gasteiger partial charge is 0.338 e. The molecular weight excluding hydrogens is 378 g/mol. The van der Waals surface area contributed by atoms with Crippen molar-refractivity contribution in [3.63, 3.8) is 0 Å². The third-order valence-electron chi connectivity index (χ3n) is 3.51. The Kier molecular flexibility index (Phi) is 6.17. The number of rotatable bonds is 7. The van der Waals surface area contributed by atoms with Gasteiger partial charge >= 0.3 is 5.97 Å². The van der Waals surface area contributed by atoms with E-state index in [-0.39, 0.29) is 22.0 Å². The minimum Gasteiger partial charge on any atom is -0.495 e. The summed E-state index contributed by atoms with van der Waals surface area (Å²) in [6.07, 6.45) is 0. The van der Waals surface area contributed by atoms with Gasteiger partial charge in [0.15, 0.2) is 6.61 Å². The van der Waals surface area contributed by atoms with E-state index in [0.717, 1.165) is 9.18 Å². The molecule has 2 aromatic rings. The van der Waals surface area contributed by atoms with E-state index < -0.39 is 22.6 Å². The lowest BCUT2D eigenvalue weighted by atomic mass is 10.2. The number of benzene rings is 1. The number of carbonyl (C=O) groups is 2. The van der Waals surface area contributed by atoms with Gasteiger partial charge in [0.05, 0.1) is 17.6 Å². The fourth-order valence-electron chi connectivity index (χ4n) is 2.07. The maximum absolute atomic E-state index is 12.4. The van der Waals surface area contributed by atoms with Crippen LogP contribution >= 0.6 is 11.3 Å². The molecule has 1 aromatic carbocycles. The molecule has 0 bridgehead atoms. The number of aryl methyl sites for hydroxylation is 1. The number of ketones is 1. The summed E-state index contributed by atoms with van der Waals surface area (Å²) >= 11 is 1.32. The Balaban J connectivity index is 2.20. The molecule has 1 aromatic heterocycles. The fraction of sp³-hybridized carbons (Fsp3) is 0.294. The SMILES string of the molecule is COc1ccc(C(=O)OCC(=O)c2ccc(C)s2)cc1S(=O)(=O)N(C)C. The molecule has 0 aliphatic carbocycles. The van der Waals surface area contributed by atoms with E-state index in [1.807, 2.05) is 13.0 Å². The van der Waals surface area contributed by atoms with Gasteiger partial charge in [0.2, 0.25) is 15.8 Å². The van der Waals surface area contributed by atoms with Crippen molar-refractivity contribution in [3.8, 4) is 5.75 Å². The first-order valence-electron chi connectivity index (χ1n) is 7.54. The van der Waals surface area contributed by atoms with E-state index in [1.165, 1.54) is 50.7 Å². The first-order chi connectivity index (χ1) is 12.2. The van der Waals surface area contributed by atoms with Crippen molar-refractivity contribution in [1.82, 2.24) is 4.31 Å². The van der Waals surface area contributed by atoms with Gasteiger partial charge in [-0.15, -0.1) is 11.3 Å². The molecule has 0 N–H and O–H groups in total. The molecule has 0 atom stereocenters. The second-order valence-electron chi connectivity index (χ2n) is 5.56. The molecule has 26 heavy (non-hydrogen) atoms. The monoisotopic (exact) mass is 397 g/mol. The highest BCUT2D eigenvalue weighted by atomic mass is 32.2. The Morgan fingerprint density at radius 2 is 1.85 bits per heavy atom. The van der Waals surface area contributed by atoms with Crippen molar-refractivity contribution in [2.45, 2.75) is 11.8 Å². The molecule has 9 heteroatoms.